The highest BCUT2D eigenvalue weighted by Gasteiger charge is 2.14. The van der Waals surface area contributed by atoms with Crippen molar-refractivity contribution < 1.29 is 9.15 Å². The maximum Gasteiger partial charge on any atom is 0.323 e. The molecule has 7 heteroatoms. The van der Waals surface area contributed by atoms with Crippen LogP contribution in [0.15, 0.2) is 22.8 Å². The number of furan rings is 1. The lowest BCUT2D eigenvalue weighted by molar-refractivity contribution is 0.222. The number of rotatable bonds is 6. The first-order valence-corrected chi connectivity index (χ1v) is 6.54. The van der Waals surface area contributed by atoms with Crippen LogP contribution in [0.5, 0.6) is 6.01 Å². The van der Waals surface area contributed by atoms with Crippen molar-refractivity contribution in [3.8, 4) is 6.01 Å². The molecule has 0 amide bonds. The van der Waals surface area contributed by atoms with E-state index in [1.54, 1.807) is 6.26 Å². The van der Waals surface area contributed by atoms with Gasteiger partial charge in [-0.2, -0.15) is 15.0 Å². The van der Waals surface area contributed by atoms with Gasteiger partial charge in [-0.15, -0.1) is 0 Å². The van der Waals surface area contributed by atoms with E-state index in [0.717, 1.165) is 5.76 Å². The summed E-state index contributed by atoms with van der Waals surface area (Å²) in [6, 6.07) is 3.98. The predicted molar refractivity (Wildman–Crippen MR) is 75.4 cm³/mol. The molecule has 0 atom stereocenters. The fourth-order valence-corrected chi connectivity index (χ4v) is 1.68. The molecule has 0 aromatic carbocycles. The molecule has 0 saturated heterocycles. The first-order valence-electron chi connectivity index (χ1n) is 6.54. The van der Waals surface area contributed by atoms with E-state index in [2.05, 4.69) is 15.0 Å². The second kappa shape index (κ2) is 6.23. The van der Waals surface area contributed by atoms with Crippen LogP contribution < -0.4 is 15.4 Å². The van der Waals surface area contributed by atoms with Gasteiger partial charge in [0.2, 0.25) is 11.9 Å². The third-order valence-electron chi connectivity index (χ3n) is 2.55. The second-order valence-corrected chi connectivity index (χ2v) is 4.54. The molecule has 0 aliphatic carbocycles. The summed E-state index contributed by atoms with van der Waals surface area (Å²) in [4.78, 5) is 14.3. The Labute approximate surface area is 117 Å². The van der Waals surface area contributed by atoms with Crippen LogP contribution in [0.2, 0.25) is 0 Å². The van der Waals surface area contributed by atoms with Gasteiger partial charge in [-0.3, -0.25) is 0 Å². The number of ether oxygens (including phenoxy) is 1. The molecular weight excluding hydrogens is 258 g/mol. The Morgan fingerprint density at radius 2 is 2.15 bits per heavy atom. The van der Waals surface area contributed by atoms with Crippen molar-refractivity contribution in [1.29, 1.82) is 0 Å². The summed E-state index contributed by atoms with van der Waals surface area (Å²) in [5, 5.41) is 0. The van der Waals surface area contributed by atoms with Gasteiger partial charge >= 0.3 is 6.01 Å². The molecule has 2 N–H and O–H groups in total. The number of aromatic nitrogens is 3. The van der Waals surface area contributed by atoms with E-state index >= 15 is 0 Å². The van der Waals surface area contributed by atoms with E-state index in [1.165, 1.54) is 0 Å². The molecule has 0 aliphatic rings. The van der Waals surface area contributed by atoms with E-state index in [9.17, 15) is 0 Å². The molecule has 0 fully saturated rings. The van der Waals surface area contributed by atoms with Crippen molar-refractivity contribution in [2.75, 3.05) is 17.2 Å². The van der Waals surface area contributed by atoms with Gasteiger partial charge in [0.25, 0.3) is 0 Å². The third-order valence-corrected chi connectivity index (χ3v) is 2.55. The van der Waals surface area contributed by atoms with Gasteiger partial charge in [0.1, 0.15) is 5.76 Å². The van der Waals surface area contributed by atoms with Gasteiger partial charge in [0.05, 0.1) is 18.9 Å². The summed E-state index contributed by atoms with van der Waals surface area (Å²) < 4.78 is 10.8. The number of hydrogen-bond donors (Lipinski definition) is 1. The fourth-order valence-electron chi connectivity index (χ4n) is 1.68. The molecule has 7 nitrogen and oxygen atoms in total. The number of nitrogens with zero attached hydrogens (tertiary/aromatic N) is 4. The van der Waals surface area contributed by atoms with E-state index in [4.69, 9.17) is 14.9 Å². The number of nitrogen functional groups attached to an aromatic ring is 1. The summed E-state index contributed by atoms with van der Waals surface area (Å²) in [7, 11) is 0. The molecule has 0 radical (unpaired) electrons. The molecule has 0 unspecified atom stereocenters. The smallest absolute Gasteiger partial charge is 0.323 e. The highest BCUT2D eigenvalue weighted by Crippen LogP contribution is 2.17. The van der Waals surface area contributed by atoms with E-state index in [-0.39, 0.29) is 18.1 Å². The van der Waals surface area contributed by atoms with Crippen LogP contribution >= 0.6 is 0 Å². The lowest BCUT2D eigenvalue weighted by Gasteiger charge is -2.20. The normalized spacial score (nSPS) is 10.8. The van der Waals surface area contributed by atoms with Crippen molar-refractivity contribution in [2.45, 2.75) is 33.4 Å². The van der Waals surface area contributed by atoms with Crippen LogP contribution in [0, 0.1) is 0 Å². The summed E-state index contributed by atoms with van der Waals surface area (Å²) in [5.74, 6) is 1.45. The quantitative estimate of drug-likeness (QED) is 0.861. The molecule has 2 aromatic heterocycles. The molecule has 20 heavy (non-hydrogen) atoms. The minimum atomic E-state index is -0.0233. The van der Waals surface area contributed by atoms with Gasteiger partial charge in [-0.05, 0) is 32.9 Å². The molecule has 0 bridgehead atoms. The van der Waals surface area contributed by atoms with Crippen LogP contribution in [-0.2, 0) is 6.54 Å². The molecule has 2 rings (SSSR count). The lowest BCUT2D eigenvalue weighted by Crippen LogP contribution is -2.25. The lowest BCUT2D eigenvalue weighted by atomic mass is 10.4. The highest BCUT2D eigenvalue weighted by atomic mass is 16.5. The summed E-state index contributed by atoms with van der Waals surface area (Å²) in [6.45, 7) is 7.09. The number of hydrogen-bond acceptors (Lipinski definition) is 7. The van der Waals surface area contributed by atoms with Gasteiger partial charge in [-0.1, -0.05) is 0 Å². The Kier molecular flexibility index (Phi) is 4.39. The Hall–Kier alpha value is -2.31. The summed E-state index contributed by atoms with van der Waals surface area (Å²) in [5.41, 5.74) is 5.71. The largest absolute Gasteiger partial charge is 0.467 e. The molecular formula is C13H19N5O2. The Morgan fingerprint density at radius 3 is 2.75 bits per heavy atom. The van der Waals surface area contributed by atoms with Gasteiger partial charge in [0, 0.05) is 6.54 Å². The molecule has 0 saturated carbocycles. The Morgan fingerprint density at radius 1 is 1.35 bits per heavy atom. The standard InChI is InChI=1S/C13H19N5O2/c1-4-18(8-10-6-5-7-19-10)12-15-11(14)16-13(17-12)20-9(2)3/h5-7,9H,4,8H2,1-3H3,(H2,14,15,16,17). The van der Waals surface area contributed by atoms with Crippen LogP contribution in [-0.4, -0.2) is 27.6 Å². The average molecular weight is 277 g/mol. The van der Waals surface area contributed by atoms with Crippen LogP contribution in [0.25, 0.3) is 0 Å². The van der Waals surface area contributed by atoms with Crippen molar-refractivity contribution in [3.05, 3.63) is 24.2 Å². The average Bonchev–Trinajstić information content (AvgIpc) is 2.87. The van der Waals surface area contributed by atoms with Crippen LogP contribution in [0.4, 0.5) is 11.9 Å². The zero-order valence-electron chi connectivity index (χ0n) is 11.9. The SMILES string of the molecule is CCN(Cc1ccco1)c1nc(N)nc(OC(C)C)n1. The van der Waals surface area contributed by atoms with Crippen LogP contribution in [0.1, 0.15) is 26.5 Å². The summed E-state index contributed by atoms with van der Waals surface area (Å²) >= 11 is 0. The molecule has 2 heterocycles. The van der Waals surface area contributed by atoms with Gasteiger partial charge in [-0.25, -0.2) is 0 Å². The van der Waals surface area contributed by atoms with Crippen molar-refractivity contribution in [2.24, 2.45) is 0 Å². The summed E-state index contributed by atoms with van der Waals surface area (Å²) in [6.07, 6.45) is 1.61. The monoisotopic (exact) mass is 277 g/mol. The maximum absolute atomic E-state index is 5.71. The van der Waals surface area contributed by atoms with Gasteiger partial charge < -0.3 is 19.8 Å². The topological polar surface area (TPSA) is 90.3 Å². The highest BCUT2D eigenvalue weighted by molar-refractivity contribution is 5.36. The number of anilines is 2. The third kappa shape index (κ3) is 3.59. The Bertz CT molecular complexity index is 542. The molecule has 0 spiro atoms. The number of nitrogens with two attached hydrogens (primary N) is 1. The van der Waals surface area contributed by atoms with Gasteiger partial charge in [0.15, 0.2) is 0 Å². The van der Waals surface area contributed by atoms with E-state index < -0.39 is 0 Å². The van der Waals surface area contributed by atoms with Crippen molar-refractivity contribution >= 4 is 11.9 Å². The van der Waals surface area contributed by atoms with E-state index in [1.807, 2.05) is 37.8 Å². The molecule has 0 aliphatic heterocycles. The maximum atomic E-state index is 5.71. The predicted octanol–water partition coefficient (Wildman–Crippen LogP) is 1.86. The van der Waals surface area contributed by atoms with Crippen molar-refractivity contribution in [1.82, 2.24) is 15.0 Å². The minimum absolute atomic E-state index is 0.0233. The first kappa shape index (κ1) is 14.1. The minimum Gasteiger partial charge on any atom is -0.467 e. The van der Waals surface area contributed by atoms with Crippen LogP contribution in [0.3, 0.4) is 0 Å². The fraction of sp³-hybridized carbons (Fsp3) is 0.462. The second-order valence-electron chi connectivity index (χ2n) is 4.54. The molecule has 108 valence electrons. The molecule has 2 aromatic rings. The first-order chi connectivity index (χ1) is 9.58. The zero-order valence-corrected chi connectivity index (χ0v) is 11.9. The van der Waals surface area contributed by atoms with Crippen molar-refractivity contribution in [3.63, 3.8) is 0 Å². The Balaban J connectivity index is 2.22. The van der Waals surface area contributed by atoms with E-state index in [0.29, 0.717) is 19.0 Å². The zero-order chi connectivity index (χ0) is 14.5.